The van der Waals surface area contributed by atoms with E-state index >= 15 is 0 Å². The number of carbonyl (C=O) groups excluding carboxylic acids is 5. The van der Waals surface area contributed by atoms with Crippen LogP contribution in [0.3, 0.4) is 0 Å². The van der Waals surface area contributed by atoms with Gasteiger partial charge in [-0.2, -0.15) is 5.26 Å². The summed E-state index contributed by atoms with van der Waals surface area (Å²) >= 11 is 0. The summed E-state index contributed by atoms with van der Waals surface area (Å²) in [6.07, 6.45) is 7.50. The van der Waals surface area contributed by atoms with E-state index in [0.717, 1.165) is 32.5 Å². The first-order valence-electron chi connectivity index (χ1n) is 23.3. The highest BCUT2D eigenvalue weighted by atomic mass is 16.5. The van der Waals surface area contributed by atoms with Crippen LogP contribution in [-0.4, -0.2) is 118 Å². The normalized spacial score (nSPS) is 15.8. The fraction of sp³-hybridized carbons (Fsp3) is 0.352. The first-order valence-corrected chi connectivity index (χ1v) is 23.3. The van der Waals surface area contributed by atoms with Crippen LogP contribution in [0.5, 0.6) is 11.5 Å². The molecule has 0 radical (unpaired) electrons. The number of carbonyl (C=O) groups is 6. The van der Waals surface area contributed by atoms with E-state index in [0.29, 0.717) is 104 Å². The Labute approximate surface area is 401 Å². The van der Waals surface area contributed by atoms with Crippen molar-refractivity contribution in [2.24, 2.45) is 17.8 Å². The smallest absolute Gasteiger partial charge is 0.337 e. The van der Waals surface area contributed by atoms with E-state index in [1.165, 1.54) is 30.1 Å². The maximum Gasteiger partial charge on any atom is 0.337 e. The summed E-state index contributed by atoms with van der Waals surface area (Å²) in [6, 6.07) is 30.2. The molecule has 356 valence electrons. The van der Waals surface area contributed by atoms with Crippen LogP contribution >= 0.6 is 0 Å². The molecule has 8 rings (SSSR count). The third-order valence-electron chi connectivity index (χ3n) is 13.3. The van der Waals surface area contributed by atoms with Crippen molar-refractivity contribution in [2.45, 2.75) is 51.5 Å². The number of methoxy groups -OCH3 is 2. The lowest BCUT2D eigenvalue weighted by Gasteiger charge is -2.31. The Balaban J connectivity index is 0.000000224. The molecule has 5 heterocycles. The number of aromatic carboxylic acids is 1. The second-order valence-electron chi connectivity index (χ2n) is 17.6. The fourth-order valence-electron chi connectivity index (χ4n) is 9.00. The zero-order valence-corrected chi connectivity index (χ0v) is 38.9. The van der Waals surface area contributed by atoms with Crippen molar-refractivity contribution >= 4 is 35.1 Å². The molecule has 3 saturated heterocycles. The average Bonchev–Trinajstić information content (AvgIpc) is 3.41. The van der Waals surface area contributed by atoms with Gasteiger partial charge in [0.25, 0.3) is 11.8 Å². The number of rotatable bonds is 14. The molecule has 2 amide bonds. The Bertz CT molecular complexity index is 2620. The second kappa shape index (κ2) is 23.4. The number of nitriles is 1. The second-order valence-corrected chi connectivity index (χ2v) is 17.6. The van der Waals surface area contributed by atoms with Crippen molar-refractivity contribution in [2.75, 3.05) is 53.5 Å². The van der Waals surface area contributed by atoms with Crippen LogP contribution in [0.15, 0.2) is 109 Å². The largest absolute Gasteiger partial charge is 0.497 e. The maximum absolute atomic E-state index is 13.1. The van der Waals surface area contributed by atoms with Gasteiger partial charge in [-0.3, -0.25) is 38.8 Å². The van der Waals surface area contributed by atoms with Crippen LogP contribution in [0.25, 0.3) is 0 Å². The summed E-state index contributed by atoms with van der Waals surface area (Å²) in [5.41, 5.74) is 4.27. The number of ketones is 3. The Hall–Kier alpha value is -7.57. The number of carboxylic acid groups (broad SMARTS) is 1. The predicted octanol–water partition coefficient (Wildman–Crippen LogP) is 7.71. The average molecular weight is 933 g/mol. The van der Waals surface area contributed by atoms with E-state index in [-0.39, 0.29) is 52.3 Å². The van der Waals surface area contributed by atoms with Crippen LogP contribution in [-0.2, 0) is 6.54 Å². The van der Waals surface area contributed by atoms with E-state index in [4.69, 9.17) is 19.8 Å². The molecule has 0 unspecified atom stereocenters. The van der Waals surface area contributed by atoms with Gasteiger partial charge < -0.3 is 24.4 Å². The lowest BCUT2D eigenvalue weighted by Crippen LogP contribution is -2.40. The first-order chi connectivity index (χ1) is 33.4. The highest BCUT2D eigenvalue weighted by Gasteiger charge is 2.31. The van der Waals surface area contributed by atoms with Crippen LogP contribution < -0.4 is 9.47 Å². The molecule has 69 heavy (non-hydrogen) atoms. The summed E-state index contributed by atoms with van der Waals surface area (Å²) in [5.74, 6) is 0.251. The van der Waals surface area contributed by atoms with Crippen molar-refractivity contribution in [1.82, 2.24) is 24.7 Å². The van der Waals surface area contributed by atoms with Gasteiger partial charge in [0.15, 0.2) is 17.3 Å². The summed E-state index contributed by atoms with van der Waals surface area (Å²) in [4.78, 5) is 89.0. The van der Waals surface area contributed by atoms with E-state index in [1.807, 2.05) is 24.3 Å². The van der Waals surface area contributed by atoms with E-state index in [1.54, 1.807) is 84.7 Å². The molecule has 0 atom stereocenters. The molecule has 2 aromatic heterocycles. The van der Waals surface area contributed by atoms with Crippen LogP contribution in [0.2, 0.25) is 0 Å². The monoisotopic (exact) mass is 932 g/mol. The summed E-state index contributed by atoms with van der Waals surface area (Å²) < 4.78 is 10.3. The van der Waals surface area contributed by atoms with Crippen molar-refractivity contribution in [3.8, 4) is 17.6 Å². The molecular formula is C54H56N6O9. The van der Waals surface area contributed by atoms with Crippen molar-refractivity contribution in [3.05, 3.63) is 154 Å². The van der Waals surface area contributed by atoms with E-state index < -0.39 is 5.97 Å². The van der Waals surface area contributed by atoms with Crippen LogP contribution in [0.4, 0.5) is 0 Å². The Morgan fingerprint density at radius 1 is 0.580 bits per heavy atom. The molecule has 1 N–H and O–H groups in total. The summed E-state index contributed by atoms with van der Waals surface area (Å²) in [6.45, 7) is 4.65. The third-order valence-corrected chi connectivity index (χ3v) is 13.3. The fourth-order valence-corrected chi connectivity index (χ4v) is 9.00. The lowest BCUT2D eigenvalue weighted by atomic mass is 9.88. The molecule has 3 aliphatic heterocycles. The van der Waals surface area contributed by atoms with Gasteiger partial charge in [-0.15, -0.1) is 0 Å². The molecule has 15 nitrogen and oxygen atoms in total. The Morgan fingerprint density at radius 2 is 1.01 bits per heavy atom. The molecule has 3 fully saturated rings. The minimum Gasteiger partial charge on any atom is -0.497 e. The molecule has 0 saturated carbocycles. The van der Waals surface area contributed by atoms with Crippen molar-refractivity contribution < 1.29 is 43.3 Å². The number of piperidine rings is 3. The van der Waals surface area contributed by atoms with Gasteiger partial charge in [0.2, 0.25) is 0 Å². The highest BCUT2D eigenvalue weighted by Crippen LogP contribution is 2.27. The molecule has 15 heteroatoms. The number of amides is 2. The standard InChI is InChI=1S/C34H36N4O4.C20H20N2O5/c1-42-30-9-6-27(7-10-30)33(40)28-14-18-38(19-15-28)34(41)31-11-8-29(22-36-31)32(39)20-24-12-16-37(17-13-24)23-26-4-2-25(21-35)3-5-26;1-27-16-5-2-13(3-6-16)18(23)14-8-10-22(11-9-14)19(24)17-7-4-15(12-21-17)20(25)26/h2-11,22,24,28H,12-20,23H2,1H3;2-7,12,14H,8-11H2,1H3,(H,25,26). The third kappa shape index (κ3) is 12.9. The number of hydrogen-bond acceptors (Lipinski definition) is 12. The number of Topliss-reactive ketones (excluding diaryl/α,β-unsaturated/α-hetero) is 3. The number of hydrogen-bond donors (Lipinski definition) is 1. The molecule has 0 spiro atoms. The number of pyridine rings is 2. The van der Waals surface area contributed by atoms with E-state index in [9.17, 15) is 28.8 Å². The summed E-state index contributed by atoms with van der Waals surface area (Å²) in [5, 5.41) is 17.9. The number of nitrogens with zero attached hydrogens (tertiary/aromatic N) is 6. The van der Waals surface area contributed by atoms with Crippen LogP contribution in [0.1, 0.15) is 118 Å². The zero-order chi connectivity index (χ0) is 48.9. The number of carboxylic acids is 1. The Morgan fingerprint density at radius 3 is 1.41 bits per heavy atom. The van der Waals surface area contributed by atoms with Gasteiger partial charge in [0.1, 0.15) is 22.9 Å². The molecule has 3 aromatic carbocycles. The number of likely N-dealkylation sites (tertiary alicyclic amines) is 3. The zero-order valence-electron chi connectivity index (χ0n) is 38.9. The first kappa shape index (κ1) is 49.3. The van der Waals surface area contributed by atoms with E-state index in [2.05, 4.69) is 20.9 Å². The minimum absolute atomic E-state index is 0.0374. The van der Waals surface area contributed by atoms with Gasteiger partial charge in [0.05, 0.1) is 31.4 Å². The SMILES string of the molecule is COc1ccc(C(=O)C2CCN(C(=O)c3ccc(C(=O)CC4CCN(Cc5ccc(C#N)cc5)CC4)cn3)CC2)cc1.COc1ccc(C(=O)C2CCN(C(=O)c3ccc(C(=O)O)cn3)CC2)cc1. The van der Waals surface area contributed by atoms with Crippen molar-refractivity contribution in [3.63, 3.8) is 0 Å². The van der Waals surface area contributed by atoms with Gasteiger partial charge in [-0.25, -0.2) is 4.79 Å². The van der Waals surface area contributed by atoms with Gasteiger partial charge in [-0.1, -0.05) is 12.1 Å². The quantitative estimate of drug-likeness (QED) is 0.106. The van der Waals surface area contributed by atoms with Crippen LogP contribution in [0, 0.1) is 29.1 Å². The lowest BCUT2D eigenvalue weighted by molar-refractivity contribution is 0.0643. The molecule has 5 aromatic rings. The molecule has 0 aliphatic carbocycles. The predicted molar refractivity (Wildman–Crippen MR) is 255 cm³/mol. The number of benzene rings is 3. The minimum atomic E-state index is -1.08. The van der Waals surface area contributed by atoms with Gasteiger partial charge >= 0.3 is 5.97 Å². The molecule has 3 aliphatic rings. The number of aromatic nitrogens is 2. The topological polar surface area (TPSA) is 200 Å². The maximum atomic E-state index is 13.1. The van der Waals surface area contributed by atoms with Gasteiger partial charge in [0, 0.05) is 80.1 Å². The Kier molecular flexibility index (Phi) is 16.8. The highest BCUT2D eigenvalue weighted by molar-refractivity contribution is 6.00. The molecule has 0 bridgehead atoms. The summed E-state index contributed by atoms with van der Waals surface area (Å²) in [7, 11) is 3.17. The number of ether oxygens (including phenoxy) is 2. The van der Waals surface area contributed by atoms with Crippen molar-refractivity contribution in [1.29, 1.82) is 5.26 Å². The van der Waals surface area contributed by atoms with Gasteiger partial charge in [-0.05, 0) is 148 Å². The molecular weight excluding hydrogens is 877 g/mol.